The van der Waals surface area contributed by atoms with Gasteiger partial charge in [-0.15, -0.1) is 0 Å². The zero-order valence-electron chi connectivity index (χ0n) is 11.0. The molecule has 6 heteroatoms. The largest absolute Gasteiger partial charge is 0.486 e. The van der Waals surface area contributed by atoms with E-state index in [2.05, 4.69) is 4.98 Å². The molecule has 20 heavy (non-hydrogen) atoms. The zero-order chi connectivity index (χ0) is 14.5. The highest BCUT2D eigenvalue weighted by Crippen LogP contribution is 2.22. The topological polar surface area (TPSA) is 100 Å². The van der Waals surface area contributed by atoms with Gasteiger partial charge in [-0.25, -0.2) is 4.98 Å². The molecule has 0 atom stereocenters. The van der Waals surface area contributed by atoms with E-state index in [1.807, 2.05) is 6.07 Å². The molecule has 0 fully saturated rings. The number of nitrogen functional groups attached to an aromatic ring is 1. The SMILES string of the molecule is COc1cccc(COc2ccc(N)cc2C(N)=O)n1. The lowest BCUT2D eigenvalue weighted by atomic mass is 10.1. The van der Waals surface area contributed by atoms with Gasteiger partial charge in [0.25, 0.3) is 5.91 Å². The van der Waals surface area contributed by atoms with Crippen LogP contribution < -0.4 is 20.9 Å². The maximum absolute atomic E-state index is 11.3. The van der Waals surface area contributed by atoms with Crippen LogP contribution in [0.2, 0.25) is 0 Å². The van der Waals surface area contributed by atoms with Gasteiger partial charge in [0, 0.05) is 11.8 Å². The van der Waals surface area contributed by atoms with Crippen molar-refractivity contribution in [1.82, 2.24) is 4.98 Å². The predicted molar refractivity (Wildman–Crippen MR) is 74.5 cm³/mol. The van der Waals surface area contributed by atoms with E-state index in [0.29, 0.717) is 23.0 Å². The fourth-order valence-corrected chi connectivity index (χ4v) is 1.67. The average Bonchev–Trinajstić information content (AvgIpc) is 2.46. The van der Waals surface area contributed by atoms with E-state index in [9.17, 15) is 4.79 Å². The summed E-state index contributed by atoms with van der Waals surface area (Å²) in [6.07, 6.45) is 0. The van der Waals surface area contributed by atoms with Gasteiger partial charge < -0.3 is 20.9 Å². The summed E-state index contributed by atoms with van der Waals surface area (Å²) in [6.45, 7) is 0.196. The highest BCUT2D eigenvalue weighted by atomic mass is 16.5. The third-order valence-corrected chi connectivity index (χ3v) is 2.63. The van der Waals surface area contributed by atoms with E-state index in [-0.39, 0.29) is 12.2 Å². The Hall–Kier alpha value is -2.76. The number of carbonyl (C=O) groups excluding carboxylic acids is 1. The second kappa shape index (κ2) is 5.92. The van der Waals surface area contributed by atoms with Crippen molar-refractivity contribution in [2.75, 3.05) is 12.8 Å². The first-order chi connectivity index (χ1) is 9.60. The molecule has 2 aromatic rings. The van der Waals surface area contributed by atoms with Crippen LogP contribution in [0.1, 0.15) is 16.1 Å². The smallest absolute Gasteiger partial charge is 0.252 e. The van der Waals surface area contributed by atoms with Crippen molar-refractivity contribution in [3.05, 3.63) is 47.7 Å². The number of hydrogen-bond donors (Lipinski definition) is 2. The standard InChI is InChI=1S/C14H15N3O3/c1-19-13-4-2-3-10(17-13)8-20-12-6-5-9(15)7-11(12)14(16)18/h2-7H,8,15H2,1H3,(H2,16,18). The first kappa shape index (κ1) is 13.7. The van der Waals surface area contributed by atoms with E-state index in [4.69, 9.17) is 20.9 Å². The fraction of sp³-hybridized carbons (Fsp3) is 0.143. The van der Waals surface area contributed by atoms with Crippen LogP contribution in [0, 0.1) is 0 Å². The average molecular weight is 273 g/mol. The molecule has 0 aliphatic rings. The number of ether oxygens (including phenoxy) is 2. The molecule has 0 aliphatic heterocycles. The number of pyridine rings is 1. The molecule has 2 rings (SSSR count). The van der Waals surface area contributed by atoms with Crippen molar-refractivity contribution < 1.29 is 14.3 Å². The summed E-state index contributed by atoms with van der Waals surface area (Å²) >= 11 is 0. The lowest BCUT2D eigenvalue weighted by Crippen LogP contribution is -2.13. The Bertz CT molecular complexity index is 629. The van der Waals surface area contributed by atoms with Gasteiger partial charge in [-0.2, -0.15) is 0 Å². The van der Waals surface area contributed by atoms with E-state index in [1.54, 1.807) is 24.3 Å². The van der Waals surface area contributed by atoms with Crippen molar-refractivity contribution in [3.63, 3.8) is 0 Å². The number of amides is 1. The highest BCUT2D eigenvalue weighted by molar-refractivity contribution is 5.96. The van der Waals surface area contributed by atoms with Gasteiger partial charge in [-0.05, 0) is 24.3 Å². The quantitative estimate of drug-likeness (QED) is 0.801. The molecule has 0 radical (unpaired) electrons. The molecular weight excluding hydrogens is 258 g/mol. The summed E-state index contributed by atoms with van der Waals surface area (Å²) in [4.78, 5) is 15.5. The van der Waals surface area contributed by atoms with Crippen LogP contribution >= 0.6 is 0 Å². The van der Waals surface area contributed by atoms with Crippen LogP contribution in [0.4, 0.5) is 5.69 Å². The minimum atomic E-state index is -0.592. The molecular formula is C14H15N3O3. The van der Waals surface area contributed by atoms with Gasteiger partial charge in [-0.3, -0.25) is 4.79 Å². The van der Waals surface area contributed by atoms with Gasteiger partial charge in [0.15, 0.2) is 0 Å². The lowest BCUT2D eigenvalue weighted by Gasteiger charge is -2.10. The number of nitrogens with zero attached hydrogens (tertiary/aromatic N) is 1. The van der Waals surface area contributed by atoms with Crippen LogP contribution in [0.15, 0.2) is 36.4 Å². The molecule has 1 aromatic carbocycles. The zero-order valence-corrected chi connectivity index (χ0v) is 11.0. The molecule has 0 saturated heterocycles. The van der Waals surface area contributed by atoms with Gasteiger partial charge in [0.2, 0.25) is 5.88 Å². The third-order valence-electron chi connectivity index (χ3n) is 2.63. The number of aromatic nitrogens is 1. The Morgan fingerprint density at radius 1 is 1.30 bits per heavy atom. The maximum Gasteiger partial charge on any atom is 0.252 e. The molecule has 0 spiro atoms. The molecule has 4 N–H and O–H groups in total. The number of rotatable bonds is 5. The molecule has 1 heterocycles. The Labute approximate surface area is 116 Å². The van der Waals surface area contributed by atoms with Crippen LogP contribution in [-0.2, 0) is 6.61 Å². The van der Waals surface area contributed by atoms with Crippen molar-refractivity contribution in [1.29, 1.82) is 0 Å². The number of hydrogen-bond acceptors (Lipinski definition) is 5. The first-order valence-corrected chi connectivity index (χ1v) is 5.92. The number of anilines is 1. The fourth-order valence-electron chi connectivity index (χ4n) is 1.67. The van der Waals surface area contributed by atoms with Gasteiger partial charge in [0.1, 0.15) is 12.4 Å². The van der Waals surface area contributed by atoms with E-state index < -0.39 is 5.91 Å². The van der Waals surface area contributed by atoms with Crippen LogP contribution in [0.25, 0.3) is 0 Å². The van der Waals surface area contributed by atoms with Crippen molar-refractivity contribution >= 4 is 11.6 Å². The number of benzene rings is 1. The Morgan fingerprint density at radius 3 is 2.80 bits per heavy atom. The summed E-state index contributed by atoms with van der Waals surface area (Å²) < 4.78 is 10.6. The van der Waals surface area contributed by atoms with Crippen LogP contribution in [0.5, 0.6) is 11.6 Å². The van der Waals surface area contributed by atoms with Crippen LogP contribution in [-0.4, -0.2) is 18.0 Å². The number of nitrogens with two attached hydrogens (primary N) is 2. The summed E-state index contributed by atoms with van der Waals surface area (Å²) in [5, 5.41) is 0. The van der Waals surface area contributed by atoms with Gasteiger partial charge in [0.05, 0.1) is 18.4 Å². The minimum Gasteiger partial charge on any atom is -0.486 e. The number of carbonyl (C=O) groups is 1. The highest BCUT2D eigenvalue weighted by Gasteiger charge is 2.10. The van der Waals surface area contributed by atoms with E-state index in [0.717, 1.165) is 0 Å². The second-order valence-corrected chi connectivity index (χ2v) is 4.08. The minimum absolute atomic E-state index is 0.196. The first-order valence-electron chi connectivity index (χ1n) is 5.92. The maximum atomic E-state index is 11.3. The molecule has 0 bridgehead atoms. The summed E-state index contributed by atoms with van der Waals surface area (Å²) in [6, 6.07) is 10.1. The summed E-state index contributed by atoms with van der Waals surface area (Å²) in [5.74, 6) is 0.278. The number of primary amides is 1. The Morgan fingerprint density at radius 2 is 2.10 bits per heavy atom. The van der Waals surface area contributed by atoms with E-state index >= 15 is 0 Å². The molecule has 0 saturated carbocycles. The molecule has 104 valence electrons. The second-order valence-electron chi connectivity index (χ2n) is 4.08. The van der Waals surface area contributed by atoms with Crippen LogP contribution in [0.3, 0.4) is 0 Å². The lowest BCUT2D eigenvalue weighted by molar-refractivity contribution is 0.0996. The number of methoxy groups -OCH3 is 1. The Balaban J connectivity index is 2.16. The van der Waals surface area contributed by atoms with Crippen molar-refractivity contribution in [2.24, 2.45) is 5.73 Å². The van der Waals surface area contributed by atoms with E-state index in [1.165, 1.54) is 13.2 Å². The Kier molecular flexibility index (Phi) is 4.05. The molecule has 1 amide bonds. The summed E-state index contributed by atoms with van der Waals surface area (Å²) in [7, 11) is 1.54. The predicted octanol–water partition coefficient (Wildman–Crippen LogP) is 1.35. The third kappa shape index (κ3) is 3.17. The molecule has 6 nitrogen and oxygen atoms in total. The molecule has 1 aromatic heterocycles. The summed E-state index contributed by atoms with van der Waals surface area (Å²) in [5.41, 5.74) is 12.3. The molecule has 0 unspecified atom stereocenters. The van der Waals surface area contributed by atoms with Gasteiger partial charge >= 0.3 is 0 Å². The van der Waals surface area contributed by atoms with Crippen molar-refractivity contribution in [3.8, 4) is 11.6 Å². The van der Waals surface area contributed by atoms with Gasteiger partial charge in [-0.1, -0.05) is 6.07 Å². The normalized spacial score (nSPS) is 10.1. The molecule has 0 aliphatic carbocycles. The monoisotopic (exact) mass is 273 g/mol. The van der Waals surface area contributed by atoms with Crippen molar-refractivity contribution in [2.45, 2.75) is 6.61 Å².